The molecule has 0 aliphatic rings. The molecular formula is C4H8NO2Si. The summed E-state index contributed by atoms with van der Waals surface area (Å²) in [6.07, 6.45) is -0.371. The molecule has 0 atom stereocenters. The standard InChI is InChI=1S/C4H8NO2Si/c1-3-7-4(6)5(2)8/h3H2,1-2H3. The molecule has 0 unspecified atom stereocenters. The fourth-order valence-corrected chi connectivity index (χ4v) is 0.285. The normalized spacial score (nSPS) is 8.38. The molecule has 0 N–H and O–H groups in total. The van der Waals surface area contributed by atoms with E-state index < -0.39 is 0 Å². The monoisotopic (exact) mass is 130 g/mol. The van der Waals surface area contributed by atoms with Crippen molar-refractivity contribution in [3.8, 4) is 0 Å². The van der Waals surface area contributed by atoms with Gasteiger partial charge in [-0.1, -0.05) is 0 Å². The minimum atomic E-state index is -0.371. The molecule has 0 rings (SSSR count). The summed E-state index contributed by atoms with van der Waals surface area (Å²) in [5, 5.41) is 0. The lowest BCUT2D eigenvalue weighted by Crippen LogP contribution is -2.24. The Labute approximate surface area is 52.1 Å². The average molecular weight is 130 g/mol. The van der Waals surface area contributed by atoms with Crippen LogP contribution in [0.1, 0.15) is 6.92 Å². The maximum Gasteiger partial charge on any atom is 0.401 e. The molecule has 0 bridgehead atoms. The summed E-state index contributed by atoms with van der Waals surface area (Å²) >= 11 is 0. The number of carbonyl (C=O) groups excluding carboxylic acids is 1. The van der Waals surface area contributed by atoms with Gasteiger partial charge in [-0.15, -0.1) is 0 Å². The molecule has 1 amide bonds. The molecule has 0 heterocycles. The molecule has 45 valence electrons. The number of rotatable bonds is 1. The van der Waals surface area contributed by atoms with E-state index in [1.807, 2.05) is 0 Å². The SMILES string of the molecule is CCOC(=O)N(C)[Si]. The Morgan fingerprint density at radius 1 is 1.88 bits per heavy atom. The minimum absolute atomic E-state index is 0.371. The fraction of sp³-hybridized carbons (Fsp3) is 0.750. The number of hydrogen-bond acceptors (Lipinski definition) is 2. The van der Waals surface area contributed by atoms with Gasteiger partial charge in [0, 0.05) is 7.05 Å². The smallest absolute Gasteiger partial charge is 0.401 e. The Bertz CT molecular complexity index is 84.1. The molecule has 3 radical (unpaired) electrons. The summed E-state index contributed by atoms with van der Waals surface area (Å²) in [4.78, 5) is 10.4. The Balaban J connectivity index is 3.33. The van der Waals surface area contributed by atoms with Crippen molar-refractivity contribution in [1.82, 2.24) is 4.57 Å². The first-order valence-electron chi connectivity index (χ1n) is 2.30. The van der Waals surface area contributed by atoms with Gasteiger partial charge in [-0.3, -0.25) is 0 Å². The van der Waals surface area contributed by atoms with E-state index >= 15 is 0 Å². The van der Waals surface area contributed by atoms with E-state index in [2.05, 4.69) is 15.1 Å². The Hall–Kier alpha value is -0.513. The molecule has 0 fully saturated rings. The van der Waals surface area contributed by atoms with Crippen LogP contribution in [0, 0.1) is 0 Å². The second kappa shape index (κ2) is 3.48. The highest BCUT2D eigenvalue weighted by atomic mass is 28.2. The third-order valence-electron chi connectivity index (χ3n) is 0.542. The molecule has 0 aliphatic carbocycles. The van der Waals surface area contributed by atoms with Crippen molar-refractivity contribution in [1.29, 1.82) is 0 Å². The minimum Gasteiger partial charge on any atom is -0.450 e. The molecule has 3 nitrogen and oxygen atoms in total. The van der Waals surface area contributed by atoms with E-state index in [1.54, 1.807) is 14.0 Å². The lowest BCUT2D eigenvalue weighted by atomic mass is 10.9. The van der Waals surface area contributed by atoms with Crippen molar-refractivity contribution in [3.05, 3.63) is 0 Å². The van der Waals surface area contributed by atoms with Crippen LogP contribution in [0.5, 0.6) is 0 Å². The van der Waals surface area contributed by atoms with Gasteiger partial charge in [0.15, 0.2) is 10.4 Å². The third kappa shape index (κ3) is 2.63. The van der Waals surface area contributed by atoms with Crippen molar-refractivity contribution in [2.75, 3.05) is 13.7 Å². The fourth-order valence-electron chi connectivity index (χ4n) is 0.220. The summed E-state index contributed by atoms with van der Waals surface area (Å²) in [7, 11) is 4.51. The predicted molar refractivity (Wildman–Crippen MR) is 30.5 cm³/mol. The van der Waals surface area contributed by atoms with Gasteiger partial charge in [0.2, 0.25) is 0 Å². The summed E-state index contributed by atoms with van der Waals surface area (Å²) in [6, 6.07) is 0. The summed E-state index contributed by atoms with van der Waals surface area (Å²) in [6.45, 7) is 2.17. The number of ether oxygens (including phenoxy) is 1. The Morgan fingerprint density at radius 2 is 2.38 bits per heavy atom. The zero-order valence-corrected chi connectivity index (χ0v) is 5.97. The van der Waals surface area contributed by atoms with Crippen LogP contribution >= 0.6 is 0 Å². The number of hydrogen-bond donors (Lipinski definition) is 0. The van der Waals surface area contributed by atoms with Crippen LogP contribution in [-0.2, 0) is 4.74 Å². The van der Waals surface area contributed by atoms with Gasteiger partial charge in [0.1, 0.15) is 0 Å². The van der Waals surface area contributed by atoms with Crippen LogP contribution in [0.2, 0.25) is 0 Å². The first-order chi connectivity index (χ1) is 3.68. The van der Waals surface area contributed by atoms with Gasteiger partial charge in [-0.2, -0.15) is 0 Å². The largest absolute Gasteiger partial charge is 0.450 e. The maximum absolute atomic E-state index is 10.4. The molecule has 0 saturated heterocycles. The van der Waals surface area contributed by atoms with Gasteiger partial charge in [0.05, 0.1) is 6.61 Å². The predicted octanol–water partition coefficient (Wildman–Crippen LogP) is 0.158. The molecule has 0 aromatic rings. The second-order valence-electron chi connectivity index (χ2n) is 1.26. The van der Waals surface area contributed by atoms with Crippen molar-refractivity contribution < 1.29 is 9.53 Å². The summed E-state index contributed by atoms with van der Waals surface area (Å²) in [5.74, 6) is 0. The topological polar surface area (TPSA) is 29.5 Å². The molecule has 0 saturated carbocycles. The number of amides is 1. The highest BCUT2D eigenvalue weighted by Gasteiger charge is 1.99. The molecule has 0 spiro atoms. The van der Waals surface area contributed by atoms with Gasteiger partial charge < -0.3 is 9.30 Å². The molecule has 0 aromatic carbocycles. The summed E-state index contributed by atoms with van der Waals surface area (Å²) < 4.78 is 5.74. The quantitative estimate of drug-likeness (QED) is 0.473. The average Bonchev–Trinajstić information content (AvgIpc) is 1.67. The van der Waals surface area contributed by atoms with E-state index in [-0.39, 0.29) is 6.09 Å². The van der Waals surface area contributed by atoms with Crippen LogP contribution in [0.3, 0.4) is 0 Å². The van der Waals surface area contributed by atoms with Gasteiger partial charge in [0.25, 0.3) is 0 Å². The molecule has 8 heavy (non-hydrogen) atoms. The van der Waals surface area contributed by atoms with E-state index in [0.29, 0.717) is 6.61 Å². The lowest BCUT2D eigenvalue weighted by Gasteiger charge is -2.07. The lowest BCUT2D eigenvalue weighted by molar-refractivity contribution is 0.137. The third-order valence-corrected chi connectivity index (χ3v) is 0.724. The van der Waals surface area contributed by atoms with Crippen molar-refractivity contribution >= 4 is 16.5 Å². The van der Waals surface area contributed by atoms with Crippen LogP contribution in [0.25, 0.3) is 0 Å². The van der Waals surface area contributed by atoms with Gasteiger partial charge in [-0.05, 0) is 6.92 Å². The number of carbonyl (C=O) groups is 1. The van der Waals surface area contributed by atoms with E-state index in [9.17, 15) is 4.79 Å². The zero-order valence-electron chi connectivity index (χ0n) is 4.97. The van der Waals surface area contributed by atoms with Crippen LogP contribution < -0.4 is 0 Å². The van der Waals surface area contributed by atoms with Crippen molar-refractivity contribution in [2.24, 2.45) is 0 Å². The highest BCUT2D eigenvalue weighted by molar-refractivity contribution is 6.12. The van der Waals surface area contributed by atoms with Crippen LogP contribution in [0.15, 0.2) is 0 Å². The Morgan fingerprint density at radius 3 is 2.50 bits per heavy atom. The second-order valence-corrected chi connectivity index (χ2v) is 1.93. The first kappa shape index (κ1) is 7.49. The molecule has 0 aromatic heterocycles. The van der Waals surface area contributed by atoms with E-state index in [4.69, 9.17) is 0 Å². The van der Waals surface area contributed by atoms with Crippen LogP contribution in [0.4, 0.5) is 4.79 Å². The first-order valence-corrected chi connectivity index (χ1v) is 2.75. The molecule has 0 aliphatic heterocycles. The summed E-state index contributed by atoms with van der Waals surface area (Å²) in [5.41, 5.74) is 0. The van der Waals surface area contributed by atoms with Crippen molar-refractivity contribution in [2.45, 2.75) is 6.92 Å². The van der Waals surface area contributed by atoms with E-state index in [0.717, 1.165) is 0 Å². The zero-order chi connectivity index (χ0) is 6.57. The van der Waals surface area contributed by atoms with Gasteiger partial charge in [-0.25, -0.2) is 4.79 Å². The Kier molecular flexibility index (Phi) is 3.26. The van der Waals surface area contributed by atoms with Crippen molar-refractivity contribution in [3.63, 3.8) is 0 Å². The van der Waals surface area contributed by atoms with Gasteiger partial charge >= 0.3 is 6.09 Å². The van der Waals surface area contributed by atoms with E-state index in [1.165, 1.54) is 4.57 Å². The molecular weight excluding hydrogens is 122 g/mol. The maximum atomic E-state index is 10.4. The van der Waals surface area contributed by atoms with Crippen LogP contribution in [-0.4, -0.2) is 34.7 Å². The molecule has 4 heteroatoms. The number of nitrogens with zero attached hydrogens (tertiary/aromatic N) is 1. The highest BCUT2D eigenvalue weighted by Crippen LogP contribution is 1.81.